The molecule has 0 aliphatic carbocycles. The van der Waals surface area contributed by atoms with Crippen molar-refractivity contribution in [1.82, 2.24) is 0 Å². The van der Waals surface area contributed by atoms with Crippen molar-refractivity contribution < 1.29 is 19.4 Å². The quantitative estimate of drug-likeness (QED) is 0.143. The Morgan fingerprint density at radius 3 is 2.42 bits per heavy atom. The zero-order valence-electron chi connectivity index (χ0n) is 15.3. The number of esters is 1. The van der Waals surface area contributed by atoms with Gasteiger partial charge in [0.05, 0.1) is 15.9 Å². The molecule has 26 heavy (non-hydrogen) atoms. The molecule has 0 spiro atoms. The summed E-state index contributed by atoms with van der Waals surface area (Å²) in [6.45, 7) is 5.52. The first kappa shape index (κ1) is 21.3. The van der Waals surface area contributed by atoms with Crippen LogP contribution in [0.1, 0.15) is 64.4 Å². The Bertz CT molecular complexity index is 699. The second kappa shape index (κ2) is 10.3. The zero-order valence-corrected chi connectivity index (χ0v) is 15.3. The molecule has 1 aromatic rings. The molecule has 0 aliphatic heterocycles. The Hall–Kier alpha value is -2.77. The van der Waals surface area contributed by atoms with Gasteiger partial charge in [0, 0.05) is 17.7 Å². The smallest absolute Gasteiger partial charge is 0.336 e. The number of nitro groups is 2. The molecule has 0 fully saturated rings. The van der Waals surface area contributed by atoms with Gasteiger partial charge in [-0.25, -0.2) is 4.79 Å². The molecule has 0 aromatic heterocycles. The SMILES string of the molecule is C/C=C\C(=O)Oc1c([C@@H](C)CCCCCC)cc([N+](=O)[O-])cc1[N+](=O)[O-]. The first-order valence-electron chi connectivity index (χ1n) is 8.63. The third-order valence-electron chi connectivity index (χ3n) is 4.02. The molecule has 1 rings (SSSR count). The van der Waals surface area contributed by atoms with Gasteiger partial charge in [-0.3, -0.25) is 20.2 Å². The number of allylic oxidation sites excluding steroid dienone is 1. The molecule has 0 heterocycles. The van der Waals surface area contributed by atoms with Gasteiger partial charge in [0.2, 0.25) is 5.75 Å². The van der Waals surface area contributed by atoms with Gasteiger partial charge in [-0.05, 0) is 19.3 Å². The lowest BCUT2D eigenvalue weighted by Crippen LogP contribution is -2.10. The molecule has 142 valence electrons. The molecule has 0 N–H and O–H groups in total. The fraction of sp³-hybridized carbons (Fsp3) is 0.500. The van der Waals surface area contributed by atoms with Gasteiger partial charge in [-0.2, -0.15) is 0 Å². The number of non-ortho nitro benzene ring substituents is 1. The number of unbranched alkanes of at least 4 members (excludes halogenated alkanes) is 3. The minimum atomic E-state index is -0.765. The normalized spacial score (nSPS) is 12.1. The number of carbonyl (C=O) groups is 1. The predicted octanol–water partition coefficient (Wildman–Crippen LogP) is 5.06. The molecule has 0 amide bonds. The number of nitro benzene ring substituents is 2. The van der Waals surface area contributed by atoms with Crippen molar-refractivity contribution in [2.75, 3.05) is 0 Å². The summed E-state index contributed by atoms with van der Waals surface area (Å²) >= 11 is 0. The summed E-state index contributed by atoms with van der Waals surface area (Å²) in [5.41, 5.74) is -0.661. The van der Waals surface area contributed by atoms with E-state index in [0.717, 1.165) is 37.8 Å². The summed E-state index contributed by atoms with van der Waals surface area (Å²) in [5.74, 6) is -1.20. The van der Waals surface area contributed by atoms with Crippen LogP contribution in [0, 0.1) is 20.2 Å². The molecular formula is C18H24N2O6. The Balaban J connectivity index is 3.33. The van der Waals surface area contributed by atoms with Crippen LogP contribution in [-0.4, -0.2) is 15.8 Å². The van der Waals surface area contributed by atoms with Gasteiger partial charge in [0.1, 0.15) is 0 Å². The third-order valence-corrected chi connectivity index (χ3v) is 4.02. The highest BCUT2D eigenvalue weighted by atomic mass is 16.6. The van der Waals surface area contributed by atoms with Gasteiger partial charge in [-0.15, -0.1) is 0 Å². The molecule has 8 heteroatoms. The lowest BCUT2D eigenvalue weighted by molar-refractivity contribution is -0.394. The van der Waals surface area contributed by atoms with Crippen molar-refractivity contribution in [3.05, 3.63) is 50.1 Å². The second-order valence-electron chi connectivity index (χ2n) is 6.07. The van der Waals surface area contributed by atoms with Crippen LogP contribution >= 0.6 is 0 Å². The summed E-state index contributed by atoms with van der Waals surface area (Å²) in [4.78, 5) is 32.9. The van der Waals surface area contributed by atoms with E-state index in [1.54, 1.807) is 6.92 Å². The Kier molecular flexibility index (Phi) is 8.41. The standard InChI is InChI=1S/C18H24N2O6/c1-4-6-7-8-10-13(3)15-11-14(19(22)23)12-16(20(24)25)18(15)26-17(21)9-5-2/h5,9,11-13H,4,6-8,10H2,1-3H3/b9-5-/t13-/m0/s1. The maximum Gasteiger partial charge on any atom is 0.336 e. The summed E-state index contributed by atoms with van der Waals surface area (Å²) in [7, 11) is 0. The number of carbonyl (C=O) groups excluding carboxylic acids is 1. The van der Waals surface area contributed by atoms with E-state index in [2.05, 4.69) is 6.92 Å². The lowest BCUT2D eigenvalue weighted by Gasteiger charge is -2.16. The molecule has 1 aromatic carbocycles. The van der Waals surface area contributed by atoms with Crippen molar-refractivity contribution >= 4 is 17.3 Å². The largest absolute Gasteiger partial charge is 0.416 e. The van der Waals surface area contributed by atoms with E-state index < -0.39 is 27.2 Å². The van der Waals surface area contributed by atoms with E-state index >= 15 is 0 Å². The summed E-state index contributed by atoms with van der Waals surface area (Å²) in [6.07, 6.45) is 7.31. The molecule has 0 radical (unpaired) electrons. The first-order valence-corrected chi connectivity index (χ1v) is 8.63. The average molecular weight is 364 g/mol. The van der Waals surface area contributed by atoms with Gasteiger partial charge in [-0.1, -0.05) is 45.6 Å². The highest BCUT2D eigenvalue weighted by molar-refractivity contribution is 5.85. The second-order valence-corrected chi connectivity index (χ2v) is 6.07. The molecule has 0 bridgehead atoms. The van der Waals surface area contributed by atoms with Crippen LogP contribution in [0.5, 0.6) is 5.75 Å². The average Bonchev–Trinajstić information content (AvgIpc) is 2.58. The van der Waals surface area contributed by atoms with Crippen molar-refractivity contribution in [2.24, 2.45) is 0 Å². The highest BCUT2D eigenvalue weighted by Crippen LogP contribution is 2.41. The fourth-order valence-corrected chi connectivity index (χ4v) is 2.64. The van der Waals surface area contributed by atoms with Crippen LogP contribution in [0.4, 0.5) is 11.4 Å². The number of benzene rings is 1. The van der Waals surface area contributed by atoms with Crippen LogP contribution in [-0.2, 0) is 4.79 Å². The predicted molar refractivity (Wildman–Crippen MR) is 97.4 cm³/mol. The Labute approximate surface area is 152 Å². The Morgan fingerprint density at radius 2 is 1.88 bits per heavy atom. The topological polar surface area (TPSA) is 113 Å². The molecule has 0 unspecified atom stereocenters. The van der Waals surface area contributed by atoms with Crippen molar-refractivity contribution in [3.8, 4) is 5.75 Å². The number of nitrogens with zero attached hydrogens (tertiary/aromatic N) is 2. The van der Waals surface area contributed by atoms with Crippen molar-refractivity contribution in [2.45, 2.75) is 58.8 Å². The first-order chi connectivity index (χ1) is 12.3. The van der Waals surface area contributed by atoms with E-state index in [0.29, 0.717) is 12.0 Å². The number of hydrogen-bond acceptors (Lipinski definition) is 6. The highest BCUT2D eigenvalue weighted by Gasteiger charge is 2.29. The minimum Gasteiger partial charge on any atom is -0.416 e. The summed E-state index contributed by atoms with van der Waals surface area (Å²) < 4.78 is 5.17. The maximum atomic E-state index is 11.8. The molecule has 0 saturated heterocycles. The van der Waals surface area contributed by atoms with E-state index in [1.165, 1.54) is 12.1 Å². The summed E-state index contributed by atoms with van der Waals surface area (Å²) in [5, 5.41) is 22.5. The third kappa shape index (κ3) is 5.94. The van der Waals surface area contributed by atoms with Crippen LogP contribution in [0.25, 0.3) is 0 Å². The van der Waals surface area contributed by atoms with E-state index in [-0.39, 0.29) is 11.7 Å². The minimum absolute atomic E-state index is 0.216. The van der Waals surface area contributed by atoms with Crippen LogP contribution in [0.2, 0.25) is 0 Å². The molecule has 8 nitrogen and oxygen atoms in total. The van der Waals surface area contributed by atoms with Crippen molar-refractivity contribution in [1.29, 1.82) is 0 Å². The van der Waals surface area contributed by atoms with Gasteiger partial charge in [0.15, 0.2) is 0 Å². The number of hydrogen-bond donors (Lipinski definition) is 0. The molecule has 0 saturated carbocycles. The van der Waals surface area contributed by atoms with Gasteiger partial charge >= 0.3 is 11.7 Å². The lowest BCUT2D eigenvalue weighted by atomic mass is 9.93. The zero-order chi connectivity index (χ0) is 19.7. The molecular weight excluding hydrogens is 340 g/mol. The molecule has 0 aliphatic rings. The monoisotopic (exact) mass is 364 g/mol. The summed E-state index contributed by atoms with van der Waals surface area (Å²) in [6, 6.07) is 2.08. The van der Waals surface area contributed by atoms with Crippen LogP contribution in [0.15, 0.2) is 24.3 Å². The van der Waals surface area contributed by atoms with E-state index in [9.17, 15) is 25.0 Å². The molecule has 1 atom stereocenters. The maximum absolute atomic E-state index is 11.8. The van der Waals surface area contributed by atoms with E-state index in [4.69, 9.17) is 4.74 Å². The van der Waals surface area contributed by atoms with Crippen LogP contribution in [0.3, 0.4) is 0 Å². The number of rotatable bonds is 10. The Morgan fingerprint density at radius 1 is 1.19 bits per heavy atom. The van der Waals surface area contributed by atoms with Gasteiger partial charge < -0.3 is 4.74 Å². The number of ether oxygens (including phenoxy) is 1. The van der Waals surface area contributed by atoms with Crippen molar-refractivity contribution in [3.63, 3.8) is 0 Å². The fourth-order valence-electron chi connectivity index (χ4n) is 2.64. The van der Waals surface area contributed by atoms with E-state index in [1.807, 2.05) is 6.92 Å². The van der Waals surface area contributed by atoms with Crippen LogP contribution < -0.4 is 4.74 Å². The van der Waals surface area contributed by atoms with Gasteiger partial charge in [0.25, 0.3) is 5.69 Å².